The van der Waals surface area contributed by atoms with E-state index in [0.717, 1.165) is 23.0 Å². The predicted octanol–water partition coefficient (Wildman–Crippen LogP) is 4.47. The van der Waals surface area contributed by atoms with Crippen LogP contribution in [0.4, 0.5) is 13.2 Å². The van der Waals surface area contributed by atoms with E-state index in [1.807, 2.05) is 18.2 Å². The number of ether oxygens (including phenoxy) is 3. The number of aliphatic hydroxyl groups is 1. The number of piperazine rings is 1. The van der Waals surface area contributed by atoms with Crippen LogP contribution in [0, 0.1) is 0 Å². The number of carbonyl (C=O) groups is 1. The number of aliphatic hydroxyl groups excluding tert-OH is 1. The SMILES string of the molecule is COc1ccc(S(=O)(=O)N(CCO)CCO[C@@H]2C[C@H](c3ccc(C(F)(F)F)cc3)C=C(C(=O)N3CCN(Cc4ccccc4)CC3)O2)cc1. The van der Waals surface area contributed by atoms with E-state index in [4.69, 9.17) is 14.2 Å². The smallest absolute Gasteiger partial charge is 0.416 e. The highest BCUT2D eigenvalue weighted by atomic mass is 32.2. The largest absolute Gasteiger partial charge is 0.497 e. The predicted molar refractivity (Wildman–Crippen MR) is 175 cm³/mol. The van der Waals surface area contributed by atoms with Gasteiger partial charge in [0.1, 0.15) is 5.75 Å². The van der Waals surface area contributed by atoms with Crippen LogP contribution >= 0.6 is 0 Å². The Morgan fingerprint density at radius 2 is 1.63 bits per heavy atom. The van der Waals surface area contributed by atoms with Crippen molar-refractivity contribution in [3.63, 3.8) is 0 Å². The maximum atomic E-state index is 13.7. The van der Waals surface area contributed by atoms with E-state index < -0.39 is 40.6 Å². The molecule has 0 unspecified atom stereocenters. The third-order valence-corrected chi connectivity index (χ3v) is 10.4. The Labute approximate surface area is 284 Å². The molecular formula is C35H40F3N3O7S. The lowest BCUT2D eigenvalue weighted by Crippen LogP contribution is -2.49. The number of alkyl halides is 3. The van der Waals surface area contributed by atoms with Gasteiger partial charge in [0.05, 0.1) is 30.8 Å². The number of carbonyl (C=O) groups excluding carboxylic acids is 1. The Hall–Kier alpha value is -3.95. The van der Waals surface area contributed by atoms with Gasteiger partial charge in [-0.15, -0.1) is 0 Å². The van der Waals surface area contributed by atoms with Gasteiger partial charge in [0, 0.05) is 58.2 Å². The lowest BCUT2D eigenvalue weighted by atomic mass is 9.92. The van der Waals surface area contributed by atoms with Gasteiger partial charge in [0.15, 0.2) is 5.76 Å². The lowest BCUT2D eigenvalue weighted by molar-refractivity contribution is -0.154. The highest BCUT2D eigenvalue weighted by Crippen LogP contribution is 2.35. The van der Waals surface area contributed by atoms with Crippen LogP contribution < -0.4 is 4.74 Å². The number of sulfonamides is 1. The first-order valence-electron chi connectivity index (χ1n) is 16.0. The highest BCUT2D eigenvalue weighted by Gasteiger charge is 2.34. The molecule has 264 valence electrons. The fraction of sp³-hybridized carbons (Fsp3) is 0.400. The molecule has 49 heavy (non-hydrogen) atoms. The second-order valence-corrected chi connectivity index (χ2v) is 13.7. The molecule has 14 heteroatoms. The van der Waals surface area contributed by atoms with Gasteiger partial charge in [-0.1, -0.05) is 42.5 Å². The van der Waals surface area contributed by atoms with Crippen LogP contribution in [0.25, 0.3) is 0 Å². The number of nitrogens with zero attached hydrogens (tertiary/aromatic N) is 3. The van der Waals surface area contributed by atoms with Crippen LogP contribution in [0.5, 0.6) is 5.75 Å². The Morgan fingerprint density at radius 3 is 2.24 bits per heavy atom. The first-order valence-corrected chi connectivity index (χ1v) is 17.4. The molecule has 1 amide bonds. The summed E-state index contributed by atoms with van der Waals surface area (Å²) in [6, 6.07) is 20.6. The fourth-order valence-electron chi connectivity index (χ4n) is 5.82. The quantitative estimate of drug-likeness (QED) is 0.278. The third-order valence-electron chi connectivity index (χ3n) is 8.53. The number of allylic oxidation sites excluding steroid dienone is 1. The number of methoxy groups -OCH3 is 1. The molecule has 2 heterocycles. The van der Waals surface area contributed by atoms with Crippen molar-refractivity contribution >= 4 is 15.9 Å². The number of amides is 1. The normalized spacial score (nSPS) is 19.0. The molecule has 3 aromatic carbocycles. The van der Waals surface area contributed by atoms with Crippen molar-refractivity contribution in [3.05, 3.63) is 107 Å². The van der Waals surface area contributed by atoms with E-state index >= 15 is 0 Å². The average Bonchev–Trinajstić information content (AvgIpc) is 3.11. The molecule has 2 atom stereocenters. The molecule has 2 aliphatic rings. The summed E-state index contributed by atoms with van der Waals surface area (Å²) in [5.74, 6) is -0.347. The van der Waals surface area contributed by atoms with Crippen molar-refractivity contribution in [3.8, 4) is 5.75 Å². The molecule has 10 nitrogen and oxygen atoms in total. The van der Waals surface area contributed by atoms with Gasteiger partial charge >= 0.3 is 6.18 Å². The maximum Gasteiger partial charge on any atom is 0.416 e. The van der Waals surface area contributed by atoms with Gasteiger partial charge in [0.2, 0.25) is 16.3 Å². The molecule has 0 aromatic heterocycles. The van der Waals surface area contributed by atoms with Crippen LogP contribution in [0.1, 0.15) is 29.0 Å². The molecule has 3 aromatic rings. The van der Waals surface area contributed by atoms with Crippen molar-refractivity contribution in [2.24, 2.45) is 0 Å². The average molecular weight is 704 g/mol. The first-order chi connectivity index (χ1) is 23.5. The minimum Gasteiger partial charge on any atom is -0.497 e. The molecule has 0 aliphatic carbocycles. The summed E-state index contributed by atoms with van der Waals surface area (Å²) in [7, 11) is -2.53. The lowest BCUT2D eigenvalue weighted by Gasteiger charge is -2.37. The van der Waals surface area contributed by atoms with Crippen LogP contribution in [-0.2, 0) is 37.0 Å². The zero-order valence-electron chi connectivity index (χ0n) is 27.1. The molecule has 0 bridgehead atoms. The molecule has 1 saturated heterocycles. The van der Waals surface area contributed by atoms with E-state index in [1.54, 1.807) is 11.0 Å². The maximum absolute atomic E-state index is 13.7. The highest BCUT2D eigenvalue weighted by molar-refractivity contribution is 7.89. The van der Waals surface area contributed by atoms with Gasteiger partial charge in [-0.3, -0.25) is 9.69 Å². The number of halogens is 3. The molecule has 0 spiro atoms. The summed E-state index contributed by atoms with van der Waals surface area (Å²) >= 11 is 0. The minimum absolute atomic E-state index is 0.0118. The Morgan fingerprint density at radius 1 is 0.959 bits per heavy atom. The summed E-state index contributed by atoms with van der Waals surface area (Å²) in [5.41, 5.74) is 0.938. The van der Waals surface area contributed by atoms with Crippen molar-refractivity contribution in [2.45, 2.75) is 36.2 Å². The van der Waals surface area contributed by atoms with Gasteiger partial charge in [0.25, 0.3) is 5.91 Å². The van der Waals surface area contributed by atoms with Gasteiger partial charge in [-0.2, -0.15) is 17.5 Å². The van der Waals surface area contributed by atoms with Gasteiger partial charge in [-0.05, 0) is 53.6 Å². The zero-order chi connectivity index (χ0) is 35.0. The molecule has 5 rings (SSSR count). The van der Waals surface area contributed by atoms with Crippen LogP contribution in [0.2, 0.25) is 0 Å². The summed E-state index contributed by atoms with van der Waals surface area (Å²) in [6.07, 6.45) is -3.69. The van der Waals surface area contributed by atoms with E-state index in [0.29, 0.717) is 37.5 Å². The molecule has 0 radical (unpaired) electrons. The summed E-state index contributed by atoms with van der Waals surface area (Å²) < 4.78 is 84.6. The van der Waals surface area contributed by atoms with Gasteiger partial charge in [-0.25, -0.2) is 8.42 Å². The molecular weight excluding hydrogens is 663 g/mol. The standard InChI is InChI=1S/C35H40F3N3O7S/c1-46-30-11-13-31(14-12-30)49(44,45)41(19-21-42)20-22-47-33-24-28(27-7-9-29(10-8-27)35(36,37)38)23-32(48-33)34(43)40-17-15-39(16-18-40)25-26-5-3-2-4-6-26/h2-14,23,28,33,42H,15-22,24-25H2,1H3/t28-,33+/m1/s1. The van der Waals surface area contributed by atoms with Crippen LogP contribution in [0.15, 0.2) is 95.6 Å². The van der Waals surface area contributed by atoms with Crippen molar-refractivity contribution in [1.29, 1.82) is 0 Å². The summed E-state index contributed by atoms with van der Waals surface area (Å²) in [4.78, 5) is 17.7. The number of rotatable bonds is 13. The monoisotopic (exact) mass is 703 g/mol. The van der Waals surface area contributed by atoms with Crippen LogP contribution in [-0.4, -0.2) is 99.4 Å². The topological polar surface area (TPSA) is 109 Å². The van der Waals surface area contributed by atoms with Crippen LogP contribution in [0.3, 0.4) is 0 Å². The number of hydrogen-bond acceptors (Lipinski definition) is 8. The molecule has 0 saturated carbocycles. The Balaban J connectivity index is 1.28. The summed E-state index contributed by atoms with van der Waals surface area (Å²) in [6.45, 7) is 2.11. The number of hydrogen-bond donors (Lipinski definition) is 1. The van der Waals surface area contributed by atoms with E-state index in [1.165, 1.54) is 49.1 Å². The molecule has 2 aliphatic heterocycles. The fourth-order valence-corrected chi connectivity index (χ4v) is 7.23. The Bertz CT molecular complexity index is 1660. The Kier molecular flexibility index (Phi) is 12.0. The number of benzene rings is 3. The second kappa shape index (κ2) is 16.2. The minimum atomic E-state index is -4.49. The van der Waals surface area contributed by atoms with Crippen molar-refractivity contribution in [2.75, 3.05) is 59.6 Å². The summed E-state index contributed by atoms with van der Waals surface area (Å²) in [5, 5.41) is 9.60. The first kappa shape index (κ1) is 36.3. The van der Waals surface area contributed by atoms with E-state index in [9.17, 15) is 31.5 Å². The molecule has 1 fully saturated rings. The zero-order valence-corrected chi connectivity index (χ0v) is 27.9. The second-order valence-electron chi connectivity index (χ2n) is 11.8. The van der Waals surface area contributed by atoms with E-state index in [2.05, 4.69) is 17.0 Å². The van der Waals surface area contributed by atoms with Crippen molar-refractivity contribution in [1.82, 2.24) is 14.1 Å². The van der Waals surface area contributed by atoms with Gasteiger partial charge < -0.3 is 24.2 Å². The van der Waals surface area contributed by atoms with Crippen molar-refractivity contribution < 1.29 is 45.7 Å². The van der Waals surface area contributed by atoms with E-state index in [-0.39, 0.29) is 42.7 Å². The third kappa shape index (κ3) is 9.40. The molecule has 1 N–H and O–H groups in total.